The monoisotopic (exact) mass is 1030 g/mol. The zero-order valence-corrected chi connectivity index (χ0v) is 42.7. The van der Waals surface area contributed by atoms with Crippen molar-refractivity contribution in [3.8, 4) is 22.8 Å². The predicted octanol–water partition coefficient (Wildman–Crippen LogP) is 0.799. The molecule has 0 fully saturated rings. The van der Waals surface area contributed by atoms with Gasteiger partial charge >= 0.3 is 29.6 Å². The molecule has 64 heavy (non-hydrogen) atoms. The molecular formula is C44H60F6IN8NaO4. The number of hydrogen-bond acceptors (Lipinski definition) is 7. The average molecular weight is 1030 g/mol. The molecule has 6 rings (SSSR count). The van der Waals surface area contributed by atoms with Crippen LogP contribution in [-0.2, 0) is 30.9 Å². The number of fused-ring (bicyclic) bond motifs is 2. The van der Waals surface area contributed by atoms with Crippen molar-refractivity contribution in [1.29, 1.82) is 0 Å². The number of aromatic nitrogens is 4. The molecule has 0 aliphatic carbocycles. The van der Waals surface area contributed by atoms with E-state index in [1.165, 1.54) is 0 Å². The summed E-state index contributed by atoms with van der Waals surface area (Å²) < 4.78 is 93.2. The van der Waals surface area contributed by atoms with Crippen LogP contribution in [0.5, 0.6) is 0 Å². The fourth-order valence-electron chi connectivity index (χ4n) is 7.58. The fraction of sp³-hybridized carbons (Fsp3) is 0.545. The van der Waals surface area contributed by atoms with E-state index in [0.29, 0.717) is 60.8 Å². The molecule has 2 aromatic heterocycles. The molecule has 0 spiro atoms. The van der Waals surface area contributed by atoms with Crippen LogP contribution in [0.25, 0.3) is 22.8 Å². The number of nitrogens with zero attached hydrogens (tertiary/aromatic N) is 6. The molecule has 20 heteroatoms. The topological polar surface area (TPSA) is 127 Å². The van der Waals surface area contributed by atoms with Crippen LogP contribution in [0.2, 0.25) is 0 Å². The standard InChI is InChI=1S/C23H31F3N4O2.C21H27F3N4O2.HI.Na.H/c1-23(2,3)19(13-32-6)27-22(31)20-18-12-30(4,5)9-7-8-29(18)21(28-20)14-10-16(25)17(26)11-15(14)24;1-21(2,3)17(11-29)25-20(30)18-16-10-27(4)6-5-7-28(16)19(26-18)12-8-14(23)15(24)9-13(12)22;;;/h10-11,19H,7-9,12-13H2,1-6H3;8-9,17,29H,5-7,10-11H2,1-4H3,(H,25,30);1H;;/q;;;+1;-1/t19-;17-;;;/m11.../s1. The number of amides is 2. The van der Waals surface area contributed by atoms with Gasteiger partial charge in [0.25, 0.3) is 11.8 Å². The molecule has 2 aliphatic rings. The minimum atomic E-state index is -1.28. The van der Waals surface area contributed by atoms with Crippen LogP contribution in [-0.4, -0.2) is 112 Å². The number of rotatable bonds is 9. The average Bonchev–Trinajstić information content (AvgIpc) is 3.55. The molecule has 0 saturated heterocycles. The number of imidazole rings is 2. The Balaban J connectivity index is 0.000000428. The van der Waals surface area contributed by atoms with Gasteiger partial charge in [-0.1, -0.05) is 41.5 Å². The van der Waals surface area contributed by atoms with Crippen molar-refractivity contribution in [2.45, 2.75) is 92.6 Å². The van der Waals surface area contributed by atoms with Crippen LogP contribution in [0.1, 0.15) is 88.2 Å². The van der Waals surface area contributed by atoms with Crippen LogP contribution in [0.4, 0.5) is 26.3 Å². The summed E-state index contributed by atoms with van der Waals surface area (Å²) in [5, 5.41) is 15.5. The van der Waals surface area contributed by atoms with Gasteiger partial charge in [-0.3, -0.25) is 9.59 Å². The Hall–Kier alpha value is -3.05. The van der Waals surface area contributed by atoms with Crippen LogP contribution >= 0.6 is 0 Å². The minimum absolute atomic E-state index is 0. The number of halogens is 7. The molecule has 4 heterocycles. The SMILES string of the molecule is CN1CCCn2c(-c3cc(F)c(F)cc3F)nc(C(=O)N[C@H](CO)C(C)(C)C)c2C1.COC[C@@H](NC(=O)c1nc(-c2cc(F)c(F)cc2F)n2c1C[N+](C)(C)CCC2)C(C)(C)C.[H-].[I-].[Na+]. The van der Waals surface area contributed by atoms with Crippen molar-refractivity contribution in [1.82, 2.24) is 34.6 Å². The number of carbonyl (C=O) groups is 2. The summed E-state index contributed by atoms with van der Waals surface area (Å²) in [6.07, 6.45) is 1.49. The van der Waals surface area contributed by atoms with Crippen molar-refractivity contribution in [2.24, 2.45) is 10.8 Å². The van der Waals surface area contributed by atoms with Crippen molar-refractivity contribution < 1.29 is 105 Å². The van der Waals surface area contributed by atoms with E-state index in [-0.39, 0.29) is 107 Å². The quantitative estimate of drug-likeness (QED) is 0.0746. The Morgan fingerprint density at radius 3 is 1.66 bits per heavy atom. The van der Waals surface area contributed by atoms with Crippen molar-refractivity contribution in [3.63, 3.8) is 0 Å². The molecule has 2 amide bonds. The van der Waals surface area contributed by atoms with Gasteiger partial charge in [-0.2, -0.15) is 0 Å². The van der Waals surface area contributed by atoms with Gasteiger partial charge in [-0.15, -0.1) is 0 Å². The maximum atomic E-state index is 14.6. The van der Waals surface area contributed by atoms with Gasteiger partial charge in [0, 0.05) is 45.3 Å². The zero-order chi connectivity index (χ0) is 46.1. The summed E-state index contributed by atoms with van der Waals surface area (Å²) >= 11 is 0. The molecule has 3 N–H and O–H groups in total. The Labute approximate surface area is 411 Å². The van der Waals surface area contributed by atoms with Crippen LogP contribution in [0, 0.1) is 45.7 Å². The van der Waals surface area contributed by atoms with Crippen LogP contribution < -0.4 is 64.2 Å². The van der Waals surface area contributed by atoms with Crippen molar-refractivity contribution in [3.05, 3.63) is 81.9 Å². The molecule has 0 bridgehead atoms. The van der Waals surface area contributed by atoms with Gasteiger partial charge in [0.15, 0.2) is 34.7 Å². The van der Waals surface area contributed by atoms with Gasteiger partial charge < -0.3 is 64.4 Å². The predicted molar refractivity (Wildman–Crippen MR) is 223 cm³/mol. The first-order valence-electron chi connectivity index (χ1n) is 20.6. The third-order valence-corrected chi connectivity index (χ3v) is 11.4. The molecule has 0 unspecified atom stereocenters. The third kappa shape index (κ3) is 12.9. The van der Waals surface area contributed by atoms with Gasteiger partial charge in [-0.05, 0) is 43.0 Å². The maximum absolute atomic E-state index is 14.6. The van der Waals surface area contributed by atoms with Crippen LogP contribution in [0.15, 0.2) is 24.3 Å². The first-order chi connectivity index (χ1) is 28.9. The van der Waals surface area contributed by atoms with Crippen molar-refractivity contribution >= 4 is 11.8 Å². The number of quaternary nitrogens is 1. The van der Waals surface area contributed by atoms with Gasteiger partial charge in [-0.25, -0.2) is 36.3 Å². The van der Waals surface area contributed by atoms with E-state index < -0.39 is 58.2 Å². The largest absolute Gasteiger partial charge is 1.00 e. The van der Waals surface area contributed by atoms with E-state index in [9.17, 15) is 41.0 Å². The Morgan fingerprint density at radius 2 is 1.19 bits per heavy atom. The molecule has 2 atom stereocenters. The van der Waals surface area contributed by atoms with Gasteiger partial charge in [0.1, 0.15) is 35.5 Å². The summed E-state index contributed by atoms with van der Waals surface area (Å²) in [5.74, 6) is -7.47. The summed E-state index contributed by atoms with van der Waals surface area (Å²) in [6, 6.07) is 1.76. The summed E-state index contributed by atoms with van der Waals surface area (Å²) in [6.45, 7) is 15.1. The second-order valence-electron chi connectivity index (χ2n) is 18.9. The van der Waals surface area contributed by atoms with E-state index in [2.05, 4.69) is 20.6 Å². The molecule has 0 saturated carbocycles. The number of nitrogens with one attached hydrogen (secondary N) is 2. The van der Waals surface area contributed by atoms with Crippen LogP contribution in [0.3, 0.4) is 0 Å². The van der Waals surface area contributed by atoms with Crippen molar-refractivity contribution in [2.75, 3.05) is 54.6 Å². The number of aliphatic hydroxyl groups is 1. The summed E-state index contributed by atoms with van der Waals surface area (Å²) in [5.41, 5.74) is 0.438. The molecule has 350 valence electrons. The number of aliphatic hydroxyl groups excluding tert-OH is 1. The summed E-state index contributed by atoms with van der Waals surface area (Å²) in [7, 11) is 7.56. The maximum Gasteiger partial charge on any atom is 1.00 e. The zero-order valence-electron chi connectivity index (χ0n) is 39.5. The van der Waals surface area contributed by atoms with E-state index in [0.717, 1.165) is 38.1 Å². The van der Waals surface area contributed by atoms with E-state index in [1.54, 1.807) is 16.2 Å². The number of ether oxygens (including phenoxy) is 1. The smallest absolute Gasteiger partial charge is 1.00 e. The first kappa shape index (κ1) is 55.3. The Kier molecular flexibility index (Phi) is 19.1. The fourth-order valence-corrected chi connectivity index (χ4v) is 7.58. The minimum Gasteiger partial charge on any atom is -1.00 e. The van der Waals surface area contributed by atoms with E-state index in [1.807, 2.05) is 67.6 Å². The molecule has 0 radical (unpaired) electrons. The number of carbonyl (C=O) groups excluding carboxylic acids is 2. The number of benzene rings is 2. The van der Waals surface area contributed by atoms with Gasteiger partial charge in [0.05, 0.1) is 62.8 Å². The summed E-state index contributed by atoms with van der Waals surface area (Å²) in [4.78, 5) is 37.2. The molecule has 2 aromatic carbocycles. The third-order valence-electron chi connectivity index (χ3n) is 11.4. The molecule has 2 aliphatic heterocycles. The molecule has 4 aromatic rings. The van der Waals surface area contributed by atoms with E-state index in [4.69, 9.17) is 4.74 Å². The molecular weight excluding hydrogens is 968 g/mol. The van der Waals surface area contributed by atoms with Gasteiger partial charge in [0.2, 0.25) is 0 Å². The second kappa shape index (κ2) is 22.2. The Morgan fingerprint density at radius 1 is 0.750 bits per heavy atom. The molecule has 12 nitrogen and oxygen atoms in total. The first-order valence-corrected chi connectivity index (χ1v) is 20.6. The number of hydrogen-bond donors (Lipinski definition) is 3. The Bertz CT molecular complexity index is 2300. The normalized spacial score (nSPS) is 16.0. The number of methoxy groups -OCH3 is 1. The van der Waals surface area contributed by atoms with E-state index >= 15 is 0 Å². The second-order valence-corrected chi connectivity index (χ2v) is 18.9.